The van der Waals surface area contributed by atoms with E-state index in [1.54, 1.807) is 6.07 Å². The van der Waals surface area contributed by atoms with Crippen LogP contribution < -0.4 is 11.1 Å². The SMILES string of the molecule is C=CC1=C(C(=O)O)N2C(=O)[C@@H](NC(=O)C(N)c3ccc4ccccc4c3)[C@@H]2SC1. The molecule has 1 fully saturated rings. The molecule has 0 spiro atoms. The number of nitrogens with two attached hydrogens (primary N) is 1. The highest BCUT2D eigenvalue weighted by Crippen LogP contribution is 2.40. The molecule has 8 heteroatoms. The lowest BCUT2D eigenvalue weighted by Crippen LogP contribution is -2.71. The zero-order valence-corrected chi connectivity index (χ0v) is 16.2. The van der Waals surface area contributed by atoms with Crippen molar-refractivity contribution >= 4 is 40.3 Å². The van der Waals surface area contributed by atoms with Crippen LogP contribution in [0.3, 0.4) is 0 Å². The van der Waals surface area contributed by atoms with Gasteiger partial charge < -0.3 is 16.2 Å². The van der Waals surface area contributed by atoms with Crippen LogP contribution in [0.1, 0.15) is 11.6 Å². The molecule has 0 bridgehead atoms. The third-order valence-electron chi connectivity index (χ3n) is 5.16. The summed E-state index contributed by atoms with van der Waals surface area (Å²) < 4.78 is 0. The zero-order chi connectivity index (χ0) is 20.7. The number of benzene rings is 2. The van der Waals surface area contributed by atoms with E-state index in [-0.39, 0.29) is 5.70 Å². The molecule has 7 nitrogen and oxygen atoms in total. The van der Waals surface area contributed by atoms with Crippen LogP contribution in [-0.4, -0.2) is 45.0 Å². The number of allylic oxidation sites excluding steroid dienone is 1. The summed E-state index contributed by atoms with van der Waals surface area (Å²) in [6.45, 7) is 3.61. The number of thioether (sulfide) groups is 1. The number of fused-ring (bicyclic) bond motifs is 2. The average molecular weight is 409 g/mol. The summed E-state index contributed by atoms with van der Waals surface area (Å²) in [5, 5.41) is 13.7. The van der Waals surface area contributed by atoms with Gasteiger partial charge in [-0.2, -0.15) is 0 Å². The Morgan fingerprint density at radius 2 is 2.00 bits per heavy atom. The Bertz CT molecular complexity index is 1080. The molecular formula is C21H19N3O4S. The fraction of sp³-hybridized carbons (Fsp3) is 0.190. The average Bonchev–Trinajstić information content (AvgIpc) is 2.74. The molecule has 3 atom stereocenters. The molecule has 29 heavy (non-hydrogen) atoms. The van der Waals surface area contributed by atoms with E-state index in [0.29, 0.717) is 16.9 Å². The molecule has 148 valence electrons. The van der Waals surface area contributed by atoms with E-state index < -0.39 is 35.2 Å². The molecule has 1 saturated heterocycles. The summed E-state index contributed by atoms with van der Waals surface area (Å²) in [4.78, 5) is 38.0. The number of rotatable bonds is 5. The van der Waals surface area contributed by atoms with Crippen LogP contribution in [0.25, 0.3) is 10.8 Å². The van der Waals surface area contributed by atoms with E-state index in [2.05, 4.69) is 11.9 Å². The molecule has 0 aromatic heterocycles. The first kappa shape index (κ1) is 19.2. The van der Waals surface area contributed by atoms with E-state index in [4.69, 9.17) is 5.73 Å². The van der Waals surface area contributed by atoms with Crippen molar-refractivity contribution in [3.63, 3.8) is 0 Å². The van der Waals surface area contributed by atoms with Gasteiger partial charge in [-0.05, 0) is 28.0 Å². The molecular weight excluding hydrogens is 390 g/mol. The van der Waals surface area contributed by atoms with E-state index >= 15 is 0 Å². The van der Waals surface area contributed by atoms with Crippen LogP contribution in [0.2, 0.25) is 0 Å². The molecule has 2 heterocycles. The Balaban J connectivity index is 1.50. The number of carbonyl (C=O) groups excluding carboxylic acids is 2. The van der Waals surface area contributed by atoms with Gasteiger partial charge in [0.2, 0.25) is 5.91 Å². The van der Waals surface area contributed by atoms with Crippen molar-refractivity contribution in [2.75, 3.05) is 5.75 Å². The van der Waals surface area contributed by atoms with Crippen molar-refractivity contribution in [2.45, 2.75) is 17.5 Å². The fourth-order valence-electron chi connectivity index (χ4n) is 3.60. The highest BCUT2D eigenvalue weighted by Gasteiger charge is 2.54. The number of hydrogen-bond donors (Lipinski definition) is 3. The number of carboxylic acids is 1. The molecule has 1 unspecified atom stereocenters. The van der Waals surface area contributed by atoms with Gasteiger partial charge in [0.25, 0.3) is 5.91 Å². The summed E-state index contributed by atoms with van der Waals surface area (Å²) in [5.41, 5.74) is 7.19. The van der Waals surface area contributed by atoms with Gasteiger partial charge in [-0.3, -0.25) is 14.5 Å². The first-order valence-electron chi connectivity index (χ1n) is 9.00. The molecule has 2 aromatic rings. The molecule has 2 aliphatic rings. The quantitative estimate of drug-likeness (QED) is 0.649. The summed E-state index contributed by atoms with van der Waals surface area (Å²) >= 11 is 1.39. The number of hydrogen-bond acceptors (Lipinski definition) is 5. The number of nitrogens with one attached hydrogen (secondary N) is 1. The van der Waals surface area contributed by atoms with E-state index in [9.17, 15) is 19.5 Å². The van der Waals surface area contributed by atoms with E-state index in [1.807, 2.05) is 36.4 Å². The van der Waals surface area contributed by atoms with Gasteiger partial charge in [0.1, 0.15) is 23.2 Å². The molecule has 2 amide bonds. The molecule has 2 aliphatic heterocycles. The van der Waals surface area contributed by atoms with Gasteiger partial charge in [-0.15, -0.1) is 11.8 Å². The van der Waals surface area contributed by atoms with Gasteiger partial charge >= 0.3 is 5.97 Å². The minimum atomic E-state index is -1.18. The molecule has 2 aromatic carbocycles. The maximum absolute atomic E-state index is 12.7. The maximum atomic E-state index is 12.7. The van der Waals surface area contributed by atoms with Gasteiger partial charge in [-0.25, -0.2) is 4.79 Å². The number of nitrogens with zero attached hydrogens (tertiary/aromatic N) is 1. The second-order valence-corrected chi connectivity index (χ2v) is 7.97. The molecule has 0 saturated carbocycles. The van der Waals surface area contributed by atoms with Crippen molar-refractivity contribution in [3.8, 4) is 0 Å². The summed E-state index contributed by atoms with van der Waals surface area (Å²) in [5.74, 6) is -1.72. The third kappa shape index (κ3) is 3.20. The van der Waals surface area contributed by atoms with Gasteiger partial charge in [0.05, 0.1) is 0 Å². The lowest BCUT2D eigenvalue weighted by Gasteiger charge is -2.49. The predicted octanol–water partition coefficient (Wildman–Crippen LogP) is 1.76. The van der Waals surface area contributed by atoms with Gasteiger partial charge in [0.15, 0.2) is 0 Å². The minimum absolute atomic E-state index is 0.0712. The largest absolute Gasteiger partial charge is 0.477 e. The number of carboxylic acid groups (broad SMARTS) is 1. The highest BCUT2D eigenvalue weighted by atomic mass is 32.2. The Hall–Kier alpha value is -3.10. The van der Waals surface area contributed by atoms with Crippen molar-refractivity contribution in [2.24, 2.45) is 5.73 Å². The molecule has 4 N–H and O–H groups in total. The second kappa shape index (κ2) is 7.38. The number of amides is 2. The van der Waals surface area contributed by atoms with Gasteiger partial charge in [-0.1, -0.05) is 49.1 Å². The molecule has 0 aliphatic carbocycles. The highest BCUT2D eigenvalue weighted by molar-refractivity contribution is 8.00. The maximum Gasteiger partial charge on any atom is 0.352 e. The summed E-state index contributed by atoms with van der Waals surface area (Å²) in [6.07, 6.45) is 1.45. The number of β-lactam (4-membered cyclic amide) rings is 1. The van der Waals surface area contributed by atoms with Crippen molar-refractivity contribution in [3.05, 3.63) is 72.0 Å². The first-order valence-corrected chi connectivity index (χ1v) is 10.1. The summed E-state index contributed by atoms with van der Waals surface area (Å²) in [6, 6.07) is 11.5. The van der Waals surface area contributed by atoms with E-state index in [0.717, 1.165) is 10.8 Å². The topological polar surface area (TPSA) is 113 Å². The lowest BCUT2D eigenvalue weighted by atomic mass is 9.99. The van der Waals surface area contributed by atoms with Crippen LogP contribution in [0.15, 0.2) is 66.4 Å². The number of carbonyl (C=O) groups is 3. The minimum Gasteiger partial charge on any atom is -0.477 e. The Kier molecular flexibility index (Phi) is 4.89. The van der Waals surface area contributed by atoms with Crippen LogP contribution in [0.5, 0.6) is 0 Å². The Morgan fingerprint density at radius 1 is 1.28 bits per heavy atom. The monoisotopic (exact) mass is 409 g/mol. The smallest absolute Gasteiger partial charge is 0.352 e. The fourth-order valence-corrected chi connectivity index (χ4v) is 4.94. The van der Waals surface area contributed by atoms with Crippen LogP contribution in [-0.2, 0) is 14.4 Å². The van der Waals surface area contributed by atoms with Crippen molar-refractivity contribution in [1.29, 1.82) is 0 Å². The number of aliphatic carboxylic acids is 1. The van der Waals surface area contributed by atoms with Crippen LogP contribution in [0.4, 0.5) is 0 Å². The Labute approximate surface area is 171 Å². The molecule has 0 radical (unpaired) electrons. The first-order chi connectivity index (χ1) is 13.9. The second-order valence-electron chi connectivity index (χ2n) is 6.86. The third-order valence-corrected chi connectivity index (χ3v) is 6.46. The van der Waals surface area contributed by atoms with Gasteiger partial charge in [0, 0.05) is 5.75 Å². The molecule has 4 rings (SSSR count). The van der Waals surface area contributed by atoms with Crippen LogP contribution in [0, 0.1) is 0 Å². The zero-order valence-electron chi connectivity index (χ0n) is 15.4. The normalized spacial score (nSPS) is 22.0. The lowest BCUT2D eigenvalue weighted by molar-refractivity contribution is -0.150. The van der Waals surface area contributed by atoms with E-state index in [1.165, 1.54) is 22.7 Å². The standard InChI is InChI=1S/C21H19N3O4S/c1-2-11-10-29-20-16(19(26)24(20)17(11)21(27)28)23-18(25)15(22)14-8-7-12-5-3-4-6-13(12)9-14/h2-9,15-16,20H,1,10,22H2,(H,23,25)(H,27,28)/t15?,16-,20+/m1/s1. The van der Waals surface area contributed by atoms with Crippen molar-refractivity contribution in [1.82, 2.24) is 10.2 Å². The predicted molar refractivity (Wildman–Crippen MR) is 111 cm³/mol. The Morgan fingerprint density at radius 3 is 2.69 bits per heavy atom. The summed E-state index contributed by atoms with van der Waals surface area (Å²) in [7, 11) is 0. The van der Waals surface area contributed by atoms with Crippen molar-refractivity contribution < 1.29 is 19.5 Å². The van der Waals surface area contributed by atoms with Crippen LogP contribution >= 0.6 is 11.8 Å².